The van der Waals surface area contributed by atoms with Crippen molar-refractivity contribution in [1.82, 2.24) is 14.5 Å². The quantitative estimate of drug-likeness (QED) is 0.886. The molecule has 27 heavy (non-hydrogen) atoms. The third-order valence-corrected chi connectivity index (χ3v) is 5.10. The van der Waals surface area contributed by atoms with Gasteiger partial charge in [-0.15, -0.1) is 0 Å². The molecule has 1 aliphatic carbocycles. The van der Waals surface area contributed by atoms with Crippen LogP contribution in [0.25, 0.3) is 11.3 Å². The van der Waals surface area contributed by atoms with E-state index < -0.39 is 0 Å². The normalized spacial score (nSPS) is 22.6. The van der Waals surface area contributed by atoms with Gasteiger partial charge in [-0.1, -0.05) is 12.2 Å². The molecule has 1 fully saturated rings. The molecule has 0 aromatic carbocycles. The van der Waals surface area contributed by atoms with Gasteiger partial charge in [0.2, 0.25) is 5.95 Å². The summed E-state index contributed by atoms with van der Waals surface area (Å²) in [5.74, 6) is 0.943. The van der Waals surface area contributed by atoms with Gasteiger partial charge in [-0.3, -0.25) is 14.3 Å². The predicted octanol–water partition coefficient (Wildman–Crippen LogP) is 1.47. The van der Waals surface area contributed by atoms with E-state index in [0.29, 0.717) is 31.3 Å². The molecule has 2 aliphatic rings. The first-order valence-corrected chi connectivity index (χ1v) is 9.10. The van der Waals surface area contributed by atoms with E-state index in [1.807, 2.05) is 24.3 Å². The monoisotopic (exact) mass is 365 g/mol. The van der Waals surface area contributed by atoms with Crippen LogP contribution in [0.5, 0.6) is 0 Å². The van der Waals surface area contributed by atoms with Gasteiger partial charge in [0.1, 0.15) is 0 Å². The number of ether oxygens (including phenoxy) is 1. The Kier molecular flexibility index (Phi) is 4.77. The van der Waals surface area contributed by atoms with Crippen LogP contribution in [0.4, 0.5) is 5.95 Å². The van der Waals surface area contributed by atoms with E-state index in [4.69, 9.17) is 15.5 Å². The molecule has 2 atom stereocenters. The number of anilines is 1. The number of hydrogen-bond acceptors (Lipinski definition) is 6. The highest BCUT2D eigenvalue weighted by Gasteiger charge is 2.29. The number of hydrogen-bond donors (Lipinski definition) is 1. The highest BCUT2D eigenvalue weighted by molar-refractivity contribution is 5.59. The first-order chi connectivity index (χ1) is 13.1. The lowest BCUT2D eigenvalue weighted by Gasteiger charge is -2.37. The van der Waals surface area contributed by atoms with E-state index in [9.17, 15) is 4.79 Å². The Hall–Kier alpha value is -2.93. The third kappa shape index (κ3) is 3.64. The predicted molar refractivity (Wildman–Crippen MR) is 104 cm³/mol. The summed E-state index contributed by atoms with van der Waals surface area (Å²) in [6, 6.07) is 5.28. The smallest absolute Gasteiger partial charge is 0.255 e. The molecule has 1 saturated heterocycles. The Bertz CT molecular complexity index is 935. The van der Waals surface area contributed by atoms with E-state index in [-0.39, 0.29) is 17.6 Å². The van der Waals surface area contributed by atoms with Crippen LogP contribution < -0.4 is 16.2 Å². The summed E-state index contributed by atoms with van der Waals surface area (Å²) in [7, 11) is 1.76. The van der Waals surface area contributed by atoms with Crippen molar-refractivity contribution >= 4 is 5.95 Å². The van der Waals surface area contributed by atoms with Crippen LogP contribution in [-0.2, 0) is 11.8 Å². The molecule has 1 aliphatic heterocycles. The molecule has 0 saturated carbocycles. The summed E-state index contributed by atoms with van der Waals surface area (Å²) in [5, 5.41) is 0. The van der Waals surface area contributed by atoms with Crippen molar-refractivity contribution < 1.29 is 4.74 Å². The molecule has 0 bridgehead atoms. The minimum Gasteiger partial charge on any atom is -0.399 e. The lowest BCUT2D eigenvalue weighted by Crippen LogP contribution is -2.47. The highest BCUT2D eigenvalue weighted by atomic mass is 16.5. The molecule has 2 aromatic heterocycles. The minimum atomic E-state index is -0.0804. The maximum atomic E-state index is 12.5. The van der Waals surface area contributed by atoms with E-state index in [0.717, 1.165) is 17.7 Å². The fourth-order valence-electron chi connectivity index (χ4n) is 3.53. The molecule has 4 rings (SSSR count). The van der Waals surface area contributed by atoms with Gasteiger partial charge in [-0.2, -0.15) is 0 Å². The Morgan fingerprint density at radius 2 is 2.11 bits per heavy atom. The molecular weight excluding hydrogens is 342 g/mol. The SMILES string of the molecule is Cn1c(N2CCO[C@H](C3C=CC(N)=CC3)C2)nc(-c2ccncc2)cc1=O. The van der Waals surface area contributed by atoms with Crippen molar-refractivity contribution in [3.8, 4) is 11.3 Å². The van der Waals surface area contributed by atoms with Crippen LogP contribution in [-0.4, -0.2) is 40.3 Å². The molecule has 7 nitrogen and oxygen atoms in total. The average Bonchev–Trinajstić information content (AvgIpc) is 2.71. The van der Waals surface area contributed by atoms with E-state index in [2.05, 4.69) is 16.0 Å². The maximum absolute atomic E-state index is 12.5. The average molecular weight is 365 g/mol. The molecule has 2 aromatic rings. The van der Waals surface area contributed by atoms with Crippen molar-refractivity contribution in [3.05, 3.63) is 64.9 Å². The zero-order chi connectivity index (χ0) is 18.8. The third-order valence-electron chi connectivity index (χ3n) is 5.10. The van der Waals surface area contributed by atoms with Crippen molar-refractivity contribution in [2.24, 2.45) is 18.7 Å². The Labute approximate surface area is 157 Å². The minimum absolute atomic E-state index is 0.0424. The van der Waals surface area contributed by atoms with E-state index in [1.54, 1.807) is 30.1 Å². The van der Waals surface area contributed by atoms with E-state index >= 15 is 0 Å². The number of morpholine rings is 1. The molecule has 3 heterocycles. The lowest BCUT2D eigenvalue weighted by atomic mass is 9.93. The Balaban J connectivity index is 1.61. The van der Waals surface area contributed by atoms with Crippen molar-refractivity contribution in [3.63, 3.8) is 0 Å². The van der Waals surface area contributed by atoms with Gasteiger partial charge in [0.25, 0.3) is 5.56 Å². The summed E-state index contributed by atoms with van der Waals surface area (Å²) in [5.41, 5.74) is 8.08. The van der Waals surface area contributed by atoms with Crippen LogP contribution in [0.2, 0.25) is 0 Å². The van der Waals surface area contributed by atoms with Gasteiger partial charge in [-0.05, 0) is 24.6 Å². The van der Waals surface area contributed by atoms with Crippen molar-refractivity contribution in [1.29, 1.82) is 0 Å². The van der Waals surface area contributed by atoms with Crippen LogP contribution in [0, 0.1) is 5.92 Å². The number of pyridine rings is 1. The molecule has 0 amide bonds. The second-order valence-electron chi connectivity index (χ2n) is 6.89. The summed E-state index contributed by atoms with van der Waals surface area (Å²) < 4.78 is 7.60. The number of nitrogens with zero attached hydrogens (tertiary/aromatic N) is 4. The van der Waals surface area contributed by atoms with Gasteiger partial charge in [0, 0.05) is 55.8 Å². The van der Waals surface area contributed by atoms with Gasteiger partial charge in [-0.25, -0.2) is 4.98 Å². The molecule has 140 valence electrons. The first-order valence-electron chi connectivity index (χ1n) is 9.10. The molecule has 0 spiro atoms. The number of rotatable bonds is 3. The summed E-state index contributed by atoms with van der Waals surface area (Å²) >= 11 is 0. The fourth-order valence-corrected chi connectivity index (χ4v) is 3.53. The Morgan fingerprint density at radius 3 is 2.85 bits per heavy atom. The zero-order valence-electron chi connectivity index (χ0n) is 15.3. The summed E-state index contributed by atoms with van der Waals surface area (Å²) in [6.07, 6.45) is 10.4. The standard InChI is InChI=1S/C20H23N5O2/c1-24-19(26)12-17(14-6-8-22-9-7-14)23-20(24)25-10-11-27-18(13-25)15-2-4-16(21)5-3-15/h2,4-9,12,15,18H,3,10-11,13,21H2,1H3/t15?,18-/m0/s1. The number of nitrogens with two attached hydrogens (primary N) is 1. The van der Waals surface area contributed by atoms with Crippen LogP contribution in [0.3, 0.4) is 0 Å². The van der Waals surface area contributed by atoms with Crippen molar-refractivity contribution in [2.45, 2.75) is 12.5 Å². The van der Waals surface area contributed by atoms with Gasteiger partial charge < -0.3 is 15.4 Å². The first kappa shape index (κ1) is 17.5. The summed E-state index contributed by atoms with van der Waals surface area (Å²) in [4.78, 5) is 23.5. The molecule has 0 radical (unpaired) electrons. The second kappa shape index (κ2) is 7.36. The van der Waals surface area contributed by atoms with Crippen LogP contribution >= 0.6 is 0 Å². The molecular formula is C20H23N5O2. The van der Waals surface area contributed by atoms with Gasteiger partial charge >= 0.3 is 0 Å². The fraction of sp³-hybridized carbons (Fsp3) is 0.350. The summed E-state index contributed by atoms with van der Waals surface area (Å²) in [6.45, 7) is 1.98. The number of allylic oxidation sites excluding steroid dienone is 2. The number of aromatic nitrogens is 3. The maximum Gasteiger partial charge on any atom is 0.255 e. The highest BCUT2D eigenvalue weighted by Crippen LogP contribution is 2.25. The Morgan fingerprint density at radius 1 is 1.30 bits per heavy atom. The van der Waals surface area contributed by atoms with Crippen LogP contribution in [0.1, 0.15) is 6.42 Å². The molecule has 1 unspecified atom stereocenters. The lowest BCUT2D eigenvalue weighted by molar-refractivity contribution is 0.0138. The van der Waals surface area contributed by atoms with Gasteiger partial charge in [0.15, 0.2) is 0 Å². The molecule has 2 N–H and O–H groups in total. The van der Waals surface area contributed by atoms with Crippen LogP contribution in [0.15, 0.2) is 59.3 Å². The topological polar surface area (TPSA) is 86.3 Å². The molecule has 7 heteroatoms. The van der Waals surface area contributed by atoms with Crippen molar-refractivity contribution in [2.75, 3.05) is 24.6 Å². The second-order valence-corrected chi connectivity index (χ2v) is 6.89. The largest absolute Gasteiger partial charge is 0.399 e. The van der Waals surface area contributed by atoms with E-state index in [1.165, 1.54) is 0 Å². The zero-order valence-corrected chi connectivity index (χ0v) is 15.3. The van der Waals surface area contributed by atoms with Gasteiger partial charge in [0.05, 0.1) is 18.4 Å².